The average Bonchev–Trinajstić information content (AvgIpc) is 2.28. The summed E-state index contributed by atoms with van der Waals surface area (Å²) >= 11 is 6.21. The zero-order chi connectivity index (χ0) is 15.3. The highest BCUT2D eigenvalue weighted by Gasteiger charge is 2.55. The van der Waals surface area contributed by atoms with Gasteiger partial charge in [0.15, 0.2) is 11.5 Å². The van der Waals surface area contributed by atoms with Gasteiger partial charge in [0.25, 0.3) is 0 Å². The summed E-state index contributed by atoms with van der Waals surface area (Å²) in [5.41, 5.74) is 1.74. The number of hydrogen-bond acceptors (Lipinski definition) is 3. The van der Waals surface area contributed by atoms with E-state index in [1.807, 2.05) is 6.92 Å². The van der Waals surface area contributed by atoms with Crippen molar-refractivity contribution < 1.29 is 27.5 Å². The van der Waals surface area contributed by atoms with Crippen LogP contribution < -0.4 is 0 Å². The van der Waals surface area contributed by atoms with Gasteiger partial charge in [0.2, 0.25) is 5.78 Å². The van der Waals surface area contributed by atoms with Gasteiger partial charge in [0.1, 0.15) is 4.87 Å². The van der Waals surface area contributed by atoms with Crippen LogP contribution in [0, 0.1) is 5.92 Å². The second kappa shape index (κ2) is 4.62. The number of hydrogen-bond donors (Lipinski definition) is 0. The first-order valence-corrected chi connectivity index (χ1v) is 6.32. The molecule has 0 saturated carbocycles. The van der Waals surface area contributed by atoms with Gasteiger partial charge in [-0.05, 0) is 26.7 Å². The molecule has 2 aliphatic carbocycles. The lowest BCUT2D eigenvalue weighted by molar-refractivity contribution is -0.304. The number of ketones is 2. The molecule has 0 heterocycles. The first-order valence-electron chi connectivity index (χ1n) is 5.95. The van der Waals surface area contributed by atoms with E-state index in [9.17, 15) is 22.8 Å². The topological polar surface area (TPSA) is 43.4 Å². The highest BCUT2D eigenvalue weighted by molar-refractivity contribution is 6.41. The molecule has 7 heteroatoms. The first kappa shape index (κ1) is 15.1. The predicted molar refractivity (Wildman–Crippen MR) is 64.9 cm³/mol. The van der Waals surface area contributed by atoms with E-state index in [2.05, 4.69) is 4.74 Å². The van der Waals surface area contributed by atoms with Crippen LogP contribution in [-0.2, 0) is 14.3 Å². The monoisotopic (exact) mass is 308 g/mol. The number of halogens is 4. The van der Waals surface area contributed by atoms with Crippen molar-refractivity contribution in [3.8, 4) is 0 Å². The van der Waals surface area contributed by atoms with Crippen molar-refractivity contribution >= 4 is 23.2 Å². The van der Waals surface area contributed by atoms with E-state index in [0.29, 0.717) is 6.08 Å². The Morgan fingerprint density at radius 3 is 2.45 bits per heavy atom. The lowest BCUT2D eigenvalue weighted by Crippen LogP contribution is -2.51. The lowest BCUT2D eigenvalue weighted by Gasteiger charge is -2.40. The van der Waals surface area contributed by atoms with Crippen molar-refractivity contribution in [1.82, 2.24) is 0 Å². The Hall–Kier alpha value is -1.30. The third-order valence-corrected chi connectivity index (χ3v) is 4.33. The molecule has 0 saturated heterocycles. The van der Waals surface area contributed by atoms with Gasteiger partial charge in [0.05, 0.1) is 5.92 Å². The minimum atomic E-state index is -5.03. The summed E-state index contributed by atoms with van der Waals surface area (Å²) < 4.78 is 40.4. The Morgan fingerprint density at radius 1 is 1.30 bits per heavy atom. The van der Waals surface area contributed by atoms with E-state index < -0.39 is 34.5 Å². The van der Waals surface area contributed by atoms with Crippen molar-refractivity contribution in [1.29, 1.82) is 0 Å². The van der Waals surface area contributed by atoms with E-state index in [4.69, 9.17) is 11.6 Å². The van der Waals surface area contributed by atoms with Gasteiger partial charge < -0.3 is 4.74 Å². The molecule has 2 aliphatic rings. The van der Waals surface area contributed by atoms with Crippen LogP contribution in [0.25, 0.3) is 0 Å². The molecule has 0 bridgehead atoms. The minimum absolute atomic E-state index is 0.0498. The van der Waals surface area contributed by atoms with Crippen LogP contribution in [0.3, 0.4) is 0 Å². The zero-order valence-electron chi connectivity index (χ0n) is 10.8. The molecule has 0 N–H and O–H groups in total. The van der Waals surface area contributed by atoms with Crippen molar-refractivity contribution in [2.45, 2.75) is 37.9 Å². The predicted octanol–water partition coefficient (Wildman–Crippen LogP) is 3.28. The summed E-state index contributed by atoms with van der Waals surface area (Å²) in [6.07, 6.45) is -4.10. The standard InChI is InChI=1S/C13H12ClF3O3/c1-6-3-8-9(18)4-10(20-13(15,16)17)11(19)12(8,14)5-7(6)2/h4,8H,3,5H2,1-2H3/t8-,12+/m0/s1. The zero-order valence-corrected chi connectivity index (χ0v) is 11.6. The summed E-state index contributed by atoms with van der Waals surface area (Å²) in [5.74, 6) is -3.44. The molecule has 20 heavy (non-hydrogen) atoms. The third kappa shape index (κ3) is 2.49. The number of alkyl halides is 4. The summed E-state index contributed by atoms with van der Waals surface area (Å²) in [5, 5.41) is 0. The van der Waals surface area contributed by atoms with Crippen LogP contribution in [0.4, 0.5) is 13.2 Å². The van der Waals surface area contributed by atoms with Gasteiger partial charge in [0, 0.05) is 6.08 Å². The molecule has 0 aromatic rings. The van der Waals surface area contributed by atoms with Crippen molar-refractivity contribution in [3.05, 3.63) is 23.0 Å². The van der Waals surface area contributed by atoms with Crippen LogP contribution >= 0.6 is 11.6 Å². The van der Waals surface area contributed by atoms with Crippen LogP contribution in [0.1, 0.15) is 26.7 Å². The number of Topliss-reactive ketones (excluding diaryl/α,β-unsaturated/α-hetero) is 1. The number of ether oxygens (including phenoxy) is 1. The highest BCUT2D eigenvalue weighted by atomic mass is 35.5. The maximum absolute atomic E-state index is 12.2. The number of carbonyl (C=O) groups is 2. The molecule has 0 radical (unpaired) electrons. The Labute approximate surface area is 118 Å². The summed E-state index contributed by atoms with van der Waals surface area (Å²) in [7, 11) is 0. The molecule has 0 amide bonds. The van der Waals surface area contributed by atoms with E-state index in [1.54, 1.807) is 6.92 Å². The van der Waals surface area contributed by atoms with Gasteiger partial charge >= 0.3 is 6.36 Å². The fourth-order valence-corrected chi connectivity index (χ4v) is 3.05. The number of allylic oxidation sites excluding steroid dienone is 4. The molecule has 0 spiro atoms. The van der Waals surface area contributed by atoms with E-state index in [0.717, 1.165) is 11.1 Å². The minimum Gasteiger partial charge on any atom is -0.402 e. The van der Waals surface area contributed by atoms with Gasteiger partial charge in [-0.3, -0.25) is 9.59 Å². The van der Waals surface area contributed by atoms with Gasteiger partial charge in [-0.2, -0.15) is 0 Å². The Bertz CT molecular complexity index is 548. The van der Waals surface area contributed by atoms with Gasteiger partial charge in [-0.15, -0.1) is 24.8 Å². The molecule has 0 aliphatic heterocycles. The molecule has 2 atom stereocenters. The van der Waals surface area contributed by atoms with Crippen LogP contribution in [0.15, 0.2) is 23.0 Å². The Balaban J connectivity index is 2.41. The molecule has 0 aromatic carbocycles. The van der Waals surface area contributed by atoms with Crippen LogP contribution in [0.2, 0.25) is 0 Å². The summed E-state index contributed by atoms with van der Waals surface area (Å²) in [4.78, 5) is 22.4. The Kier molecular flexibility index (Phi) is 3.48. The second-order valence-corrected chi connectivity index (χ2v) is 5.82. The Morgan fingerprint density at radius 2 is 1.90 bits per heavy atom. The van der Waals surface area contributed by atoms with E-state index in [1.165, 1.54) is 0 Å². The highest BCUT2D eigenvalue weighted by Crippen LogP contribution is 2.47. The van der Waals surface area contributed by atoms with Crippen molar-refractivity contribution in [2.24, 2.45) is 5.92 Å². The lowest BCUT2D eigenvalue weighted by atomic mass is 9.69. The number of rotatable bonds is 1. The summed E-state index contributed by atoms with van der Waals surface area (Å²) in [6.45, 7) is 3.56. The molecule has 0 fully saturated rings. The maximum Gasteiger partial charge on any atom is 0.573 e. The molecule has 0 unspecified atom stereocenters. The first-order chi connectivity index (χ1) is 9.04. The summed E-state index contributed by atoms with van der Waals surface area (Å²) in [6, 6.07) is 0. The van der Waals surface area contributed by atoms with Crippen LogP contribution in [0.5, 0.6) is 0 Å². The normalized spacial score (nSPS) is 31.1. The molecular formula is C13H12ClF3O3. The fourth-order valence-electron chi connectivity index (χ4n) is 2.57. The smallest absolute Gasteiger partial charge is 0.402 e. The largest absolute Gasteiger partial charge is 0.573 e. The maximum atomic E-state index is 12.2. The van der Waals surface area contributed by atoms with Gasteiger partial charge in [-0.25, -0.2) is 0 Å². The van der Waals surface area contributed by atoms with Crippen LogP contribution in [-0.4, -0.2) is 22.8 Å². The number of carbonyl (C=O) groups excluding carboxylic acids is 2. The quantitative estimate of drug-likeness (QED) is 0.551. The molecule has 110 valence electrons. The molecule has 0 aromatic heterocycles. The SMILES string of the molecule is CC1=C(C)C[C@]2(Cl)C(=O)C(OC(F)(F)F)=CC(=O)[C@@H]2C1. The average molecular weight is 309 g/mol. The van der Waals surface area contributed by atoms with Crippen molar-refractivity contribution in [3.63, 3.8) is 0 Å². The molecule has 2 rings (SSSR count). The molecule has 3 nitrogen and oxygen atoms in total. The second-order valence-electron chi connectivity index (χ2n) is 5.14. The fraction of sp³-hybridized carbons (Fsp3) is 0.538. The number of fused-ring (bicyclic) bond motifs is 1. The van der Waals surface area contributed by atoms with Gasteiger partial charge in [-0.1, -0.05) is 11.1 Å². The van der Waals surface area contributed by atoms with E-state index >= 15 is 0 Å². The van der Waals surface area contributed by atoms with E-state index in [-0.39, 0.29) is 12.8 Å². The molecular weight excluding hydrogens is 297 g/mol. The van der Waals surface area contributed by atoms with Crippen molar-refractivity contribution in [2.75, 3.05) is 0 Å². The third-order valence-electron chi connectivity index (χ3n) is 3.76.